The molecule has 1 radical (unpaired) electrons. The molecule has 0 aliphatic carbocycles. The molecule has 0 amide bonds. The van der Waals surface area contributed by atoms with Crippen LogP contribution in [0.5, 0.6) is 0 Å². The molecular formula is C58H56GeIrN4S-2. The molecule has 0 saturated heterocycles. The molecule has 0 bridgehead atoms. The average molecular weight is 1110 g/mol. The molecule has 4 aromatic heterocycles. The van der Waals surface area contributed by atoms with Crippen LogP contribution in [0.15, 0.2) is 146 Å². The molecule has 65 heavy (non-hydrogen) atoms. The van der Waals surface area contributed by atoms with Crippen LogP contribution < -0.4 is 4.40 Å². The van der Waals surface area contributed by atoms with Gasteiger partial charge in [-0.2, -0.15) is 11.3 Å². The van der Waals surface area contributed by atoms with Crippen LogP contribution in [-0.4, -0.2) is 32.8 Å². The fourth-order valence-electron chi connectivity index (χ4n) is 8.99. The number of nitrogens with zero attached hydrogens (tertiary/aromatic N) is 4. The molecule has 10 rings (SSSR count). The minimum atomic E-state index is -1.87. The van der Waals surface area contributed by atoms with Crippen molar-refractivity contribution in [2.75, 3.05) is 0 Å². The van der Waals surface area contributed by atoms with E-state index in [9.17, 15) is 0 Å². The molecule has 329 valence electrons. The predicted molar refractivity (Wildman–Crippen MR) is 277 cm³/mol. The second kappa shape index (κ2) is 19.3. The van der Waals surface area contributed by atoms with Crippen molar-refractivity contribution in [2.45, 2.75) is 77.1 Å². The molecule has 0 atom stereocenters. The molecule has 0 fully saturated rings. The fraction of sp³-hybridized carbons (Fsp3) is 0.224. The summed E-state index contributed by atoms with van der Waals surface area (Å²) in [6, 6.07) is 52.9. The maximum absolute atomic E-state index is 5.30. The Balaban J connectivity index is 0.000000232. The molecule has 4 nitrogen and oxygen atoms in total. The zero-order chi connectivity index (χ0) is 44.7. The molecule has 0 aliphatic rings. The van der Waals surface area contributed by atoms with Gasteiger partial charge in [-0.1, -0.05) is 99.8 Å². The van der Waals surface area contributed by atoms with E-state index in [4.69, 9.17) is 4.98 Å². The minimum Gasteiger partial charge on any atom is -0.333 e. The molecule has 0 saturated carbocycles. The summed E-state index contributed by atoms with van der Waals surface area (Å²) in [4.78, 5) is 14.0. The molecule has 0 spiro atoms. The summed E-state index contributed by atoms with van der Waals surface area (Å²) in [5, 5.41) is 5.09. The van der Waals surface area contributed by atoms with Gasteiger partial charge in [0, 0.05) is 30.5 Å². The summed E-state index contributed by atoms with van der Waals surface area (Å²) in [7, 11) is 0. The SMILES string of the molecule is CC(C)Cc1cc(-c2[c-]cncc2)nc[c]1[Ge]([CH3])([CH3])[CH3].CC(C)c1cc(-c2ccccc2)cc(C(C)C)c1-n1c(-c2[c-]cc3sc4cc5ccccc5cc4c3c2)nc2ccccc21.[Ir]. The van der Waals surface area contributed by atoms with Crippen LogP contribution in [0.25, 0.3) is 81.4 Å². The van der Waals surface area contributed by atoms with Crippen LogP contribution in [-0.2, 0) is 26.5 Å². The maximum Gasteiger partial charge on any atom is 0.0774 e. The number of para-hydroxylation sites is 2. The standard InChI is InChI=1S/C41H33N2S.C17H23GeN2.Ir/c1-25(2)32-22-31(27-12-6-5-7-13-27)23-33(26(3)4)40(32)43-37-17-11-10-16-36(37)42-41(43)30-18-19-38-34(21-30)35-20-28-14-8-9-15-29(28)24-39(35)44-38;1-13(2)10-15-11-17(14-6-8-19-9-7-14)20-12-16(15)18(3,4)5;/h5-17,19-26H,1-4H3;6,8-9,11-13H,10H2,1-5H3;/q2*-1;. The van der Waals surface area contributed by atoms with Crippen LogP contribution in [0, 0.1) is 18.1 Å². The van der Waals surface area contributed by atoms with Crippen molar-refractivity contribution in [2.24, 2.45) is 5.92 Å². The zero-order valence-electron chi connectivity index (χ0n) is 38.8. The number of benzene rings is 6. The van der Waals surface area contributed by atoms with Gasteiger partial charge < -0.3 is 4.57 Å². The number of hydrogen-bond acceptors (Lipinski definition) is 4. The Bertz CT molecular complexity index is 3240. The monoisotopic (exact) mass is 1110 g/mol. The first-order valence-corrected chi connectivity index (χ1v) is 30.8. The van der Waals surface area contributed by atoms with E-state index in [-0.39, 0.29) is 20.1 Å². The van der Waals surface area contributed by atoms with Gasteiger partial charge in [0.25, 0.3) is 0 Å². The predicted octanol–water partition coefficient (Wildman–Crippen LogP) is 15.6. The topological polar surface area (TPSA) is 43.6 Å². The summed E-state index contributed by atoms with van der Waals surface area (Å²) in [5.41, 5.74) is 13.0. The van der Waals surface area contributed by atoms with Crippen molar-refractivity contribution >= 4 is 71.0 Å². The molecule has 0 unspecified atom stereocenters. The van der Waals surface area contributed by atoms with Crippen molar-refractivity contribution in [3.63, 3.8) is 0 Å². The van der Waals surface area contributed by atoms with Crippen molar-refractivity contribution in [1.29, 1.82) is 0 Å². The fourth-order valence-corrected chi connectivity index (χ4v) is 13.4. The first-order chi connectivity index (χ1) is 30.8. The number of aromatic nitrogens is 4. The van der Waals surface area contributed by atoms with Crippen molar-refractivity contribution in [1.82, 2.24) is 19.5 Å². The summed E-state index contributed by atoms with van der Waals surface area (Å²) < 4.78 is 6.49. The second-order valence-electron chi connectivity index (χ2n) is 19.1. The van der Waals surface area contributed by atoms with Crippen LogP contribution in [0.4, 0.5) is 0 Å². The molecule has 0 aliphatic heterocycles. The van der Waals surface area contributed by atoms with E-state index in [1.54, 1.807) is 12.4 Å². The van der Waals surface area contributed by atoms with E-state index < -0.39 is 13.3 Å². The second-order valence-corrected chi connectivity index (χ2v) is 30.7. The Morgan fingerprint density at radius 1 is 0.662 bits per heavy atom. The third-order valence-corrected chi connectivity index (χ3v) is 17.6. The Labute approximate surface area is 404 Å². The Kier molecular flexibility index (Phi) is 13.8. The van der Waals surface area contributed by atoms with Crippen molar-refractivity contribution in [3.8, 4) is 39.5 Å². The number of imidazole rings is 1. The summed E-state index contributed by atoms with van der Waals surface area (Å²) >= 11 is -0.0306. The van der Waals surface area contributed by atoms with E-state index in [1.807, 2.05) is 17.4 Å². The first-order valence-electron chi connectivity index (χ1n) is 22.6. The smallest absolute Gasteiger partial charge is 0.0774 e. The van der Waals surface area contributed by atoms with Gasteiger partial charge in [0.1, 0.15) is 0 Å². The number of hydrogen-bond donors (Lipinski definition) is 0. The van der Waals surface area contributed by atoms with Gasteiger partial charge in [0.15, 0.2) is 0 Å². The van der Waals surface area contributed by atoms with Gasteiger partial charge >= 0.3 is 125 Å². The molecule has 0 N–H and O–H groups in total. The summed E-state index contributed by atoms with van der Waals surface area (Å²) in [6.45, 7) is 13.8. The minimum absolute atomic E-state index is 0. The van der Waals surface area contributed by atoms with Gasteiger partial charge in [-0.05, 0) is 91.3 Å². The number of fused-ring (bicyclic) bond motifs is 5. The van der Waals surface area contributed by atoms with Gasteiger partial charge in [-0.3, -0.25) is 4.98 Å². The average Bonchev–Trinajstić information content (AvgIpc) is 3.85. The Morgan fingerprint density at radius 3 is 1.98 bits per heavy atom. The first kappa shape index (κ1) is 46.3. The van der Waals surface area contributed by atoms with Crippen LogP contribution in [0.3, 0.4) is 0 Å². The normalized spacial score (nSPS) is 11.8. The van der Waals surface area contributed by atoms with Crippen molar-refractivity contribution < 1.29 is 20.1 Å². The van der Waals surface area contributed by atoms with E-state index >= 15 is 0 Å². The molecule has 7 heteroatoms. The third kappa shape index (κ3) is 9.56. The summed E-state index contributed by atoms with van der Waals surface area (Å²) in [5.74, 6) is 9.53. The number of pyridine rings is 2. The molecule has 4 heterocycles. The molecule has 10 aromatic rings. The van der Waals surface area contributed by atoms with Gasteiger partial charge in [0.2, 0.25) is 0 Å². The Hall–Kier alpha value is -5.24. The number of rotatable bonds is 9. The molecular weight excluding hydrogens is 1050 g/mol. The zero-order valence-corrected chi connectivity index (χ0v) is 44.1. The molecule has 6 aromatic carbocycles. The largest absolute Gasteiger partial charge is 0.333 e. The maximum atomic E-state index is 5.30. The van der Waals surface area contributed by atoms with E-state index in [2.05, 4.69) is 213 Å². The Morgan fingerprint density at radius 2 is 1.32 bits per heavy atom. The van der Waals surface area contributed by atoms with E-state index in [1.165, 1.54) is 68.8 Å². The van der Waals surface area contributed by atoms with Crippen LogP contribution >= 0.6 is 11.3 Å². The van der Waals surface area contributed by atoms with Gasteiger partial charge in [0.05, 0.1) is 16.9 Å². The van der Waals surface area contributed by atoms with Crippen molar-refractivity contribution in [3.05, 3.63) is 175 Å². The van der Waals surface area contributed by atoms with Crippen LogP contribution in [0.2, 0.25) is 17.3 Å². The van der Waals surface area contributed by atoms with E-state index in [0.717, 1.165) is 40.1 Å². The number of thiophene rings is 1. The van der Waals surface area contributed by atoms with Gasteiger partial charge in [-0.25, -0.2) is 0 Å². The quantitative estimate of drug-likeness (QED) is 0.107. The summed E-state index contributed by atoms with van der Waals surface area (Å²) in [6.07, 6.45) is 6.74. The van der Waals surface area contributed by atoms with Gasteiger partial charge in [-0.15, -0.1) is 23.8 Å². The third-order valence-electron chi connectivity index (χ3n) is 12.1. The van der Waals surface area contributed by atoms with Crippen LogP contribution in [0.1, 0.15) is 70.1 Å². The van der Waals surface area contributed by atoms with E-state index in [0.29, 0.717) is 17.8 Å².